The molecule has 5 heteroatoms. The molecule has 2 heterocycles. The Hall–Kier alpha value is -1.88. The molecule has 1 aromatic rings. The van der Waals surface area contributed by atoms with Gasteiger partial charge in [-0.1, -0.05) is 19.4 Å². The van der Waals surface area contributed by atoms with Crippen LogP contribution in [0.5, 0.6) is 5.75 Å². The average molecular weight is 479 g/mol. The van der Waals surface area contributed by atoms with Crippen molar-refractivity contribution in [1.82, 2.24) is 9.80 Å². The maximum atomic E-state index is 13.0. The number of hydrogen-bond donors (Lipinski definition) is 0. The third-order valence-corrected chi connectivity index (χ3v) is 10.6. The Morgan fingerprint density at radius 3 is 2.51 bits per heavy atom. The van der Waals surface area contributed by atoms with Crippen molar-refractivity contribution in [3.8, 4) is 5.75 Å². The number of amides is 1. The van der Waals surface area contributed by atoms with Gasteiger partial charge in [0, 0.05) is 31.0 Å². The smallest absolute Gasteiger partial charge is 0.410 e. The highest BCUT2D eigenvalue weighted by Crippen LogP contribution is 2.59. The van der Waals surface area contributed by atoms with E-state index in [0.717, 1.165) is 75.8 Å². The van der Waals surface area contributed by atoms with E-state index in [4.69, 9.17) is 4.74 Å². The number of Topliss-reactive ketones (excluding diaryl/α,β-unsaturated/α-hetero) is 1. The zero-order chi connectivity index (χ0) is 24.2. The predicted octanol–water partition coefficient (Wildman–Crippen LogP) is 5.87. The summed E-state index contributed by atoms with van der Waals surface area (Å²) in [5.41, 5.74) is 3.81. The molecule has 2 aliphatic heterocycles. The number of fused-ring (bicyclic) bond motifs is 5. The maximum Gasteiger partial charge on any atom is 0.415 e. The van der Waals surface area contributed by atoms with E-state index in [0.29, 0.717) is 29.6 Å². The van der Waals surface area contributed by atoms with Gasteiger partial charge in [-0.25, -0.2) is 4.79 Å². The van der Waals surface area contributed by atoms with Crippen LogP contribution in [-0.2, 0) is 11.2 Å². The molecule has 3 aliphatic carbocycles. The second-order valence-electron chi connectivity index (χ2n) is 12.3. The predicted molar refractivity (Wildman–Crippen MR) is 137 cm³/mol. The van der Waals surface area contributed by atoms with Gasteiger partial charge < -0.3 is 14.5 Å². The van der Waals surface area contributed by atoms with Crippen LogP contribution in [0, 0.1) is 24.2 Å². The first-order valence-corrected chi connectivity index (χ1v) is 14.3. The number of carbonyl (C=O) groups excluding carboxylic acids is 2. The number of likely N-dealkylation sites (tertiary alicyclic amines) is 2. The SMILES string of the molecule is Cc1cc2c(cc1OC(=O)N1CCC(N3CCCCC3)CC1)CCC1C2CCC2(C)C(=O)CCC12. The molecule has 4 atom stereocenters. The van der Waals surface area contributed by atoms with Crippen LogP contribution in [0.4, 0.5) is 4.79 Å². The van der Waals surface area contributed by atoms with E-state index in [-0.39, 0.29) is 11.5 Å². The van der Waals surface area contributed by atoms with Gasteiger partial charge in [-0.2, -0.15) is 0 Å². The van der Waals surface area contributed by atoms with Crippen molar-refractivity contribution in [1.29, 1.82) is 0 Å². The number of aryl methyl sites for hydroxylation is 2. The molecule has 4 unspecified atom stereocenters. The summed E-state index contributed by atoms with van der Waals surface area (Å²) in [6.45, 7) is 8.37. The molecule has 6 rings (SSSR count). The number of piperidine rings is 2. The number of ketones is 1. The molecule has 0 radical (unpaired) electrons. The Balaban J connectivity index is 1.12. The first-order chi connectivity index (χ1) is 16.9. The quantitative estimate of drug-likeness (QED) is 0.533. The zero-order valence-electron chi connectivity index (χ0n) is 21.7. The van der Waals surface area contributed by atoms with Crippen molar-refractivity contribution >= 4 is 11.9 Å². The second-order valence-corrected chi connectivity index (χ2v) is 12.3. The third kappa shape index (κ3) is 4.12. The van der Waals surface area contributed by atoms with Crippen LogP contribution >= 0.6 is 0 Å². The van der Waals surface area contributed by atoms with Gasteiger partial charge in [-0.3, -0.25) is 4.79 Å². The minimum absolute atomic E-state index is 0.0787. The highest BCUT2D eigenvalue weighted by atomic mass is 16.6. The second kappa shape index (κ2) is 9.21. The zero-order valence-corrected chi connectivity index (χ0v) is 21.7. The Bertz CT molecular complexity index is 992. The lowest BCUT2D eigenvalue weighted by Crippen LogP contribution is -2.48. The molecule has 5 aliphatic rings. The molecule has 0 bridgehead atoms. The van der Waals surface area contributed by atoms with Gasteiger partial charge >= 0.3 is 6.09 Å². The van der Waals surface area contributed by atoms with E-state index in [2.05, 4.69) is 30.9 Å². The van der Waals surface area contributed by atoms with Gasteiger partial charge in [-0.15, -0.1) is 0 Å². The fraction of sp³-hybridized carbons (Fsp3) is 0.733. The van der Waals surface area contributed by atoms with Gasteiger partial charge in [0.2, 0.25) is 0 Å². The summed E-state index contributed by atoms with van der Waals surface area (Å²) in [4.78, 5) is 30.2. The van der Waals surface area contributed by atoms with E-state index in [1.165, 1.54) is 43.5 Å². The van der Waals surface area contributed by atoms with Crippen LogP contribution < -0.4 is 4.74 Å². The summed E-state index contributed by atoms with van der Waals surface area (Å²) in [5.74, 6) is 2.97. The van der Waals surface area contributed by atoms with E-state index in [9.17, 15) is 9.59 Å². The molecule has 0 aromatic heterocycles. The standard InChI is InChI=1S/C30H42N2O3/c1-20-18-25-21(6-7-24-23(25)10-13-30(2)26(24)8-9-28(30)33)19-27(20)35-29(34)32-16-11-22(12-17-32)31-14-4-3-5-15-31/h18-19,22-24,26H,3-17H2,1-2H3. The Kier molecular flexibility index (Phi) is 6.19. The molecule has 190 valence electrons. The lowest BCUT2D eigenvalue weighted by atomic mass is 9.55. The average Bonchev–Trinajstić information content (AvgIpc) is 3.19. The summed E-state index contributed by atoms with van der Waals surface area (Å²) in [5, 5.41) is 0. The summed E-state index contributed by atoms with van der Waals surface area (Å²) in [6, 6.07) is 5.09. The number of carbonyl (C=O) groups is 2. The highest BCUT2D eigenvalue weighted by Gasteiger charge is 2.54. The molecular weight excluding hydrogens is 436 g/mol. The lowest BCUT2D eigenvalue weighted by molar-refractivity contribution is -0.129. The Labute approximate surface area is 210 Å². The monoisotopic (exact) mass is 478 g/mol. The minimum Gasteiger partial charge on any atom is -0.410 e. The Morgan fingerprint density at radius 1 is 0.971 bits per heavy atom. The summed E-state index contributed by atoms with van der Waals surface area (Å²) in [7, 11) is 0. The molecular formula is C30H42N2O3. The maximum absolute atomic E-state index is 13.0. The highest BCUT2D eigenvalue weighted by molar-refractivity contribution is 5.87. The molecule has 4 fully saturated rings. The third-order valence-electron chi connectivity index (χ3n) is 10.6. The number of rotatable bonds is 2. The lowest BCUT2D eigenvalue weighted by Gasteiger charge is -2.48. The Morgan fingerprint density at radius 2 is 1.74 bits per heavy atom. The molecule has 5 nitrogen and oxygen atoms in total. The van der Waals surface area contributed by atoms with Crippen molar-refractivity contribution in [2.45, 2.75) is 96.4 Å². The summed E-state index contributed by atoms with van der Waals surface area (Å²) >= 11 is 0. The van der Waals surface area contributed by atoms with E-state index in [1.807, 2.05) is 4.90 Å². The molecule has 1 aromatic carbocycles. The van der Waals surface area contributed by atoms with Crippen LogP contribution in [0.1, 0.15) is 93.7 Å². The molecule has 1 amide bonds. The molecule has 2 saturated heterocycles. The molecule has 35 heavy (non-hydrogen) atoms. The summed E-state index contributed by atoms with van der Waals surface area (Å²) in [6.07, 6.45) is 12.1. The molecule has 0 N–H and O–H groups in total. The van der Waals surface area contributed by atoms with E-state index < -0.39 is 0 Å². The van der Waals surface area contributed by atoms with Gasteiger partial charge in [0.15, 0.2) is 0 Å². The number of benzene rings is 1. The van der Waals surface area contributed by atoms with Crippen molar-refractivity contribution in [3.05, 3.63) is 28.8 Å². The number of hydrogen-bond acceptors (Lipinski definition) is 4. The van der Waals surface area contributed by atoms with Crippen LogP contribution in [0.3, 0.4) is 0 Å². The molecule has 2 saturated carbocycles. The number of nitrogens with zero attached hydrogens (tertiary/aromatic N) is 2. The summed E-state index contributed by atoms with van der Waals surface area (Å²) < 4.78 is 6.00. The van der Waals surface area contributed by atoms with Gasteiger partial charge in [0.1, 0.15) is 11.5 Å². The number of ether oxygens (including phenoxy) is 1. The van der Waals surface area contributed by atoms with Crippen molar-refractivity contribution in [3.63, 3.8) is 0 Å². The fourth-order valence-corrected chi connectivity index (χ4v) is 8.45. The van der Waals surface area contributed by atoms with Gasteiger partial charge in [0.25, 0.3) is 0 Å². The van der Waals surface area contributed by atoms with Crippen molar-refractivity contribution in [2.24, 2.45) is 17.3 Å². The minimum atomic E-state index is -0.184. The van der Waals surface area contributed by atoms with Crippen LogP contribution in [0.15, 0.2) is 12.1 Å². The first-order valence-electron chi connectivity index (χ1n) is 14.3. The van der Waals surface area contributed by atoms with Crippen LogP contribution in [0.2, 0.25) is 0 Å². The van der Waals surface area contributed by atoms with Crippen LogP contribution in [-0.4, -0.2) is 53.9 Å². The largest absolute Gasteiger partial charge is 0.415 e. The van der Waals surface area contributed by atoms with Crippen molar-refractivity contribution < 1.29 is 14.3 Å². The normalized spacial score (nSPS) is 33.7. The topological polar surface area (TPSA) is 49.9 Å². The van der Waals surface area contributed by atoms with Gasteiger partial charge in [0.05, 0.1) is 0 Å². The van der Waals surface area contributed by atoms with E-state index >= 15 is 0 Å². The van der Waals surface area contributed by atoms with Crippen LogP contribution in [0.25, 0.3) is 0 Å². The fourth-order valence-electron chi connectivity index (χ4n) is 8.45. The van der Waals surface area contributed by atoms with Crippen molar-refractivity contribution in [2.75, 3.05) is 26.2 Å². The van der Waals surface area contributed by atoms with E-state index in [1.54, 1.807) is 0 Å². The van der Waals surface area contributed by atoms with Gasteiger partial charge in [-0.05, 0) is 118 Å². The molecule has 0 spiro atoms. The first kappa shape index (κ1) is 23.5.